The van der Waals surface area contributed by atoms with Gasteiger partial charge in [-0.1, -0.05) is 12.2 Å². The lowest BCUT2D eigenvalue weighted by atomic mass is 10.1. The van der Waals surface area contributed by atoms with E-state index in [1.54, 1.807) is 42.3 Å². The number of allylic oxidation sites excluding steroid dienone is 1. The number of nitrogens with zero attached hydrogens (tertiary/aromatic N) is 6. The van der Waals surface area contributed by atoms with Gasteiger partial charge >= 0.3 is 0 Å². The van der Waals surface area contributed by atoms with Gasteiger partial charge in [-0.3, -0.25) is 10.0 Å². The van der Waals surface area contributed by atoms with Gasteiger partial charge in [-0.25, -0.2) is 25.4 Å². The molecule has 1 saturated heterocycles. The molecule has 3 aromatic rings. The number of ether oxygens (including phenoxy) is 2. The van der Waals surface area contributed by atoms with Crippen LogP contribution in [-0.4, -0.2) is 77.3 Å². The molecule has 198 valence electrons. The van der Waals surface area contributed by atoms with Crippen LogP contribution in [-0.2, 0) is 16.1 Å². The van der Waals surface area contributed by atoms with Gasteiger partial charge in [-0.05, 0) is 18.6 Å². The molecule has 0 bridgehead atoms. The molecule has 0 aliphatic carbocycles. The van der Waals surface area contributed by atoms with Crippen molar-refractivity contribution in [3.63, 3.8) is 0 Å². The van der Waals surface area contributed by atoms with Crippen LogP contribution >= 0.6 is 11.3 Å². The number of amides is 1. The number of morpholine rings is 1. The number of aliphatic imine (C=N–C) groups is 1. The van der Waals surface area contributed by atoms with E-state index in [1.807, 2.05) is 19.2 Å². The molecule has 1 fully saturated rings. The fraction of sp³-hybridized carbons (Fsp3) is 0.346. The Kier molecular flexibility index (Phi) is 7.91. The highest BCUT2D eigenvalue weighted by Crippen LogP contribution is 2.35. The Bertz CT molecular complexity index is 1390. The van der Waals surface area contributed by atoms with Gasteiger partial charge in [0.25, 0.3) is 5.91 Å². The van der Waals surface area contributed by atoms with E-state index in [2.05, 4.69) is 25.8 Å². The van der Waals surface area contributed by atoms with Crippen molar-refractivity contribution in [3.05, 3.63) is 53.2 Å². The number of aromatic nitrogens is 3. The number of carbonyl (C=O) groups is 1. The minimum atomic E-state index is -0.588. The number of hydroxylamine groups is 1. The summed E-state index contributed by atoms with van der Waals surface area (Å²) in [6.07, 6.45) is 8.25. The van der Waals surface area contributed by atoms with E-state index in [9.17, 15) is 4.79 Å². The molecule has 0 unspecified atom stereocenters. The summed E-state index contributed by atoms with van der Waals surface area (Å²) in [5.74, 6) is 2.31. The Morgan fingerprint density at radius 1 is 1.29 bits per heavy atom. The summed E-state index contributed by atoms with van der Waals surface area (Å²) in [6.45, 7) is 3.47. The molecule has 2 aliphatic heterocycles. The molecule has 12 heteroatoms. The predicted molar refractivity (Wildman–Crippen MR) is 146 cm³/mol. The van der Waals surface area contributed by atoms with Gasteiger partial charge < -0.3 is 19.3 Å². The average Bonchev–Trinajstić information content (AvgIpc) is 3.35. The van der Waals surface area contributed by atoms with Gasteiger partial charge in [0.15, 0.2) is 11.6 Å². The molecule has 5 rings (SSSR count). The number of hydrogen-bond acceptors (Lipinski definition) is 11. The van der Waals surface area contributed by atoms with E-state index in [0.29, 0.717) is 37.0 Å². The molecule has 2 N–H and O–H groups in total. The molecule has 5 heterocycles. The maximum Gasteiger partial charge on any atom is 0.276 e. The topological polar surface area (TPSA) is 125 Å². The lowest BCUT2D eigenvalue weighted by Gasteiger charge is -2.28. The van der Waals surface area contributed by atoms with E-state index < -0.39 is 5.91 Å². The van der Waals surface area contributed by atoms with Crippen LogP contribution in [0.4, 0.5) is 5.82 Å². The minimum absolute atomic E-state index is 0.297. The summed E-state index contributed by atoms with van der Waals surface area (Å²) >= 11 is 1.67. The fourth-order valence-corrected chi connectivity index (χ4v) is 5.45. The highest BCUT2D eigenvalue weighted by atomic mass is 32.1. The fourth-order valence-electron chi connectivity index (χ4n) is 4.28. The zero-order chi connectivity index (χ0) is 26.5. The van der Waals surface area contributed by atoms with Crippen LogP contribution < -0.4 is 15.1 Å². The van der Waals surface area contributed by atoms with Gasteiger partial charge in [0.05, 0.1) is 42.7 Å². The number of thiophene rings is 1. The quantitative estimate of drug-likeness (QED) is 0.362. The monoisotopic (exact) mass is 535 g/mol. The molecule has 2 aliphatic rings. The van der Waals surface area contributed by atoms with Crippen LogP contribution in [0.2, 0.25) is 0 Å². The number of amidine groups is 1. The first-order chi connectivity index (χ1) is 18.6. The van der Waals surface area contributed by atoms with Gasteiger partial charge in [0.1, 0.15) is 5.84 Å². The number of carbonyl (C=O) groups excluding carboxylic acids is 1. The number of hydrogen-bond donors (Lipinski definition) is 2. The van der Waals surface area contributed by atoms with Crippen molar-refractivity contribution in [2.24, 2.45) is 4.99 Å². The van der Waals surface area contributed by atoms with Crippen molar-refractivity contribution >= 4 is 39.1 Å². The Labute approximate surface area is 224 Å². The Hall–Kier alpha value is -3.87. The largest absolute Gasteiger partial charge is 0.481 e. The summed E-state index contributed by atoms with van der Waals surface area (Å²) in [6, 6.07) is 5.82. The predicted octanol–water partition coefficient (Wildman–Crippen LogP) is 3.17. The van der Waals surface area contributed by atoms with E-state index in [1.165, 1.54) is 6.20 Å². The Morgan fingerprint density at radius 3 is 2.87 bits per heavy atom. The van der Waals surface area contributed by atoms with E-state index in [-0.39, 0.29) is 0 Å². The lowest BCUT2D eigenvalue weighted by Crippen LogP contribution is -2.36. The van der Waals surface area contributed by atoms with E-state index in [0.717, 1.165) is 58.2 Å². The lowest BCUT2D eigenvalue weighted by molar-refractivity contribution is -0.124. The van der Waals surface area contributed by atoms with Crippen molar-refractivity contribution in [3.8, 4) is 17.3 Å². The number of nitrogens with one attached hydrogen (secondary N) is 1. The SMILES string of the molecule is COc1ccc(-c2nc(N3CCOCC3)c3sc(CN(C)C4=N/C=C(C(=O)NO)\C=C/CC4)cc3n2)cn1. The number of anilines is 1. The first-order valence-electron chi connectivity index (χ1n) is 12.3. The highest BCUT2D eigenvalue weighted by Gasteiger charge is 2.21. The smallest absolute Gasteiger partial charge is 0.276 e. The maximum absolute atomic E-state index is 11.8. The molecular formula is C26H29N7O4S. The Balaban J connectivity index is 1.47. The van der Waals surface area contributed by atoms with Crippen LogP contribution in [0, 0.1) is 0 Å². The standard InChI is InChI=1S/C26H29N7O4S/c1-32(21-6-4-3-5-18(15-27-21)26(34)31-35)16-19-13-20-23(38-19)25(33-9-11-37-12-10-33)30-24(29-20)17-7-8-22(36-2)28-14-17/h3,5,7-8,13-15,35H,4,6,9-12,16H2,1-2H3,(H,31,34)/b5-3-,18-15+,27-21?. The molecule has 38 heavy (non-hydrogen) atoms. The third-order valence-electron chi connectivity index (χ3n) is 6.30. The van der Waals surface area contributed by atoms with Crippen LogP contribution in [0.5, 0.6) is 5.88 Å². The zero-order valence-electron chi connectivity index (χ0n) is 21.3. The number of fused-ring (bicyclic) bond motifs is 1. The zero-order valence-corrected chi connectivity index (χ0v) is 22.1. The average molecular weight is 536 g/mol. The van der Waals surface area contributed by atoms with Crippen LogP contribution in [0.15, 0.2) is 53.3 Å². The number of rotatable bonds is 6. The van der Waals surface area contributed by atoms with E-state index in [4.69, 9.17) is 24.6 Å². The second kappa shape index (κ2) is 11.7. The van der Waals surface area contributed by atoms with Crippen molar-refractivity contribution in [2.75, 3.05) is 45.4 Å². The molecule has 0 spiro atoms. The van der Waals surface area contributed by atoms with Gasteiger partial charge in [0.2, 0.25) is 5.88 Å². The number of methoxy groups -OCH3 is 1. The van der Waals surface area contributed by atoms with Gasteiger partial charge in [-0.15, -0.1) is 11.3 Å². The first-order valence-corrected chi connectivity index (χ1v) is 13.1. The van der Waals surface area contributed by atoms with Crippen LogP contribution in [0.3, 0.4) is 0 Å². The molecule has 0 aromatic carbocycles. The van der Waals surface area contributed by atoms with Crippen LogP contribution in [0.1, 0.15) is 17.7 Å². The maximum atomic E-state index is 11.8. The second-order valence-electron chi connectivity index (χ2n) is 8.85. The molecular weight excluding hydrogens is 506 g/mol. The van der Waals surface area contributed by atoms with Crippen molar-refractivity contribution < 1.29 is 19.5 Å². The van der Waals surface area contributed by atoms with Crippen molar-refractivity contribution in [2.45, 2.75) is 19.4 Å². The third kappa shape index (κ3) is 5.67. The normalized spacial score (nSPS) is 18.1. The minimum Gasteiger partial charge on any atom is -0.481 e. The van der Waals surface area contributed by atoms with Crippen molar-refractivity contribution in [1.29, 1.82) is 0 Å². The molecule has 0 atom stereocenters. The molecule has 0 saturated carbocycles. The highest BCUT2D eigenvalue weighted by molar-refractivity contribution is 7.19. The van der Waals surface area contributed by atoms with E-state index >= 15 is 0 Å². The summed E-state index contributed by atoms with van der Waals surface area (Å²) in [7, 11) is 3.57. The van der Waals surface area contributed by atoms with Gasteiger partial charge in [0, 0.05) is 55.5 Å². The summed E-state index contributed by atoms with van der Waals surface area (Å²) in [4.78, 5) is 36.0. The Morgan fingerprint density at radius 2 is 2.13 bits per heavy atom. The molecule has 0 radical (unpaired) electrons. The third-order valence-corrected chi connectivity index (χ3v) is 7.41. The van der Waals surface area contributed by atoms with Crippen LogP contribution in [0.25, 0.3) is 21.6 Å². The molecule has 3 aromatic heterocycles. The number of pyridine rings is 1. The first kappa shape index (κ1) is 25.8. The summed E-state index contributed by atoms with van der Waals surface area (Å²) in [5, 5.41) is 8.96. The summed E-state index contributed by atoms with van der Waals surface area (Å²) in [5.41, 5.74) is 3.66. The molecule has 1 amide bonds. The van der Waals surface area contributed by atoms with Gasteiger partial charge in [-0.2, -0.15) is 0 Å². The summed E-state index contributed by atoms with van der Waals surface area (Å²) < 4.78 is 11.8. The molecule has 11 nitrogen and oxygen atoms in total. The second-order valence-corrected chi connectivity index (χ2v) is 9.99. The van der Waals surface area contributed by atoms with Crippen molar-refractivity contribution in [1.82, 2.24) is 25.3 Å².